The molecule has 0 aromatic heterocycles. The van der Waals surface area contributed by atoms with Gasteiger partial charge in [-0.05, 0) is 23.8 Å². The fourth-order valence-electron chi connectivity index (χ4n) is 2.52. The topological polar surface area (TPSA) is 64.1 Å². The van der Waals surface area contributed by atoms with Gasteiger partial charge in [0.15, 0.2) is 12.6 Å². The van der Waals surface area contributed by atoms with E-state index in [1.807, 2.05) is 24.3 Å². The number of benzene rings is 2. The number of aliphatic imine (C=N–C) groups is 1. The average molecular weight is 425 g/mol. The Kier molecular flexibility index (Phi) is 9.27. The number of methoxy groups -OCH3 is 1. The first-order chi connectivity index (χ1) is 14.4. The lowest BCUT2D eigenvalue weighted by Crippen LogP contribution is -2.38. The zero-order valence-corrected chi connectivity index (χ0v) is 17.0. The van der Waals surface area contributed by atoms with Gasteiger partial charge in [0.25, 0.3) is 0 Å². The van der Waals surface area contributed by atoms with Gasteiger partial charge < -0.3 is 24.8 Å². The third-order valence-electron chi connectivity index (χ3n) is 4.00. The summed E-state index contributed by atoms with van der Waals surface area (Å²) in [6.07, 6.45) is -4.35. The van der Waals surface area contributed by atoms with Crippen molar-refractivity contribution in [3.8, 4) is 11.5 Å². The molecule has 0 aliphatic carbocycles. The molecular weight excluding hydrogens is 399 g/mol. The molecule has 6 nitrogen and oxygen atoms in total. The minimum absolute atomic E-state index is 0.172. The number of hydrogen-bond donors (Lipinski definition) is 2. The van der Waals surface area contributed by atoms with Crippen LogP contribution in [0.25, 0.3) is 0 Å². The van der Waals surface area contributed by atoms with E-state index in [0.29, 0.717) is 32.3 Å². The Bertz CT molecular complexity index is 796. The molecule has 0 saturated heterocycles. The molecule has 2 aromatic rings. The quantitative estimate of drug-likeness (QED) is 0.347. The highest BCUT2D eigenvalue weighted by molar-refractivity contribution is 5.79. The van der Waals surface area contributed by atoms with E-state index >= 15 is 0 Å². The second kappa shape index (κ2) is 11.9. The Balaban J connectivity index is 1.67. The minimum Gasteiger partial charge on any atom is -0.496 e. The first-order valence-corrected chi connectivity index (χ1v) is 9.34. The van der Waals surface area contributed by atoms with E-state index in [1.165, 1.54) is 12.1 Å². The zero-order valence-electron chi connectivity index (χ0n) is 17.0. The molecule has 0 unspecified atom stereocenters. The third kappa shape index (κ3) is 8.60. The molecule has 0 saturated carbocycles. The second-order valence-electron chi connectivity index (χ2n) is 6.26. The summed E-state index contributed by atoms with van der Waals surface area (Å²) in [5.74, 6) is 1.55. The highest BCUT2D eigenvalue weighted by atomic mass is 19.4. The summed E-state index contributed by atoms with van der Waals surface area (Å²) >= 11 is 0. The first kappa shape index (κ1) is 23.3. The lowest BCUT2D eigenvalue weighted by Gasteiger charge is -2.13. The Morgan fingerprint density at radius 2 is 1.77 bits per heavy atom. The number of alkyl halides is 3. The number of ether oxygens (including phenoxy) is 3. The molecule has 2 aromatic carbocycles. The summed E-state index contributed by atoms with van der Waals surface area (Å²) in [6.45, 7) is 0.630. The van der Waals surface area contributed by atoms with Crippen LogP contribution in [-0.4, -0.2) is 46.1 Å². The standard InChI is InChI=1S/C21H26F3N3O3/c1-25-20(26-11-12-29-14-17-5-3-4-6-19(17)28-2)27-13-16-7-9-18(10-8-16)30-15-21(22,23)24/h3-10H,11-15H2,1-2H3,(H2,25,26,27). The van der Waals surface area contributed by atoms with E-state index in [2.05, 4.69) is 15.6 Å². The van der Waals surface area contributed by atoms with Gasteiger partial charge in [0.2, 0.25) is 0 Å². The van der Waals surface area contributed by atoms with Gasteiger partial charge in [-0.2, -0.15) is 13.2 Å². The fourth-order valence-corrected chi connectivity index (χ4v) is 2.52. The van der Waals surface area contributed by atoms with E-state index in [9.17, 15) is 13.2 Å². The smallest absolute Gasteiger partial charge is 0.422 e. The molecule has 0 heterocycles. The Morgan fingerprint density at radius 3 is 2.43 bits per heavy atom. The Labute approximate surface area is 174 Å². The van der Waals surface area contributed by atoms with Crippen molar-refractivity contribution in [2.75, 3.05) is 33.9 Å². The van der Waals surface area contributed by atoms with Crippen LogP contribution in [0.4, 0.5) is 13.2 Å². The van der Waals surface area contributed by atoms with Crippen molar-refractivity contribution in [1.29, 1.82) is 0 Å². The summed E-state index contributed by atoms with van der Waals surface area (Å²) < 4.78 is 52.1. The van der Waals surface area contributed by atoms with Crippen LogP contribution in [0.2, 0.25) is 0 Å². The van der Waals surface area contributed by atoms with Crippen molar-refractivity contribution in [1.82, 2.24) is 10.6 Å². The molecular formula is C21H26F3N3O3. The predicted molar refractivity (Wildman–Crippen MR) is 109 cm³/mol. The summed E-state index contributed by atoms with van der Waals surface area (Å²) in [5.41, 5.74) is 1.86. The molecule has 30 heavy (non-hydrogen) atoms. The molecule has 0 fully saturated rings. The van der Waals surface area contributed by atoms with E-state index in [1.54, 1.807) is 26.3 Å². The summed E-state index contributed by atoms with van der Waals surface area (Å²) in [6, 6.07) is 14.1. The summed E-state index contributed by atoms with van der Waals surface area (Å²) in [4.78, 5) is 4.13. The van der Waals surface area contributed by atoms with Crippen LogP contribution in [0.15, 0.2) is 53.5 Å². The molecule has 0 spiro atoms. The second-order valence-corrected chi connectivity index (χ2v) is 6.26. The lowest BCUT2D eigenvalue weighted by atomic mass is 10.2. The maximum absolute atomic E-state index is 12.2. The lowest BCUT2D eigenvalue weighted by molar-refractivity contribution is -0.153. The third-order valence-corrected chi connectivity index (χ3v) is 4.00. The number of guanidine groups is 1. The van der Waals surface area contributed by atoms with Gasteiger partial charge in [0.05, 0.1) is 20.3 Å². The molecule has 0 radical (unpaired) electrons. The molecule has 9 heteroatoms. The van der Waals surface area contributed by atoms with E-state index < -0.39 is 12.8 Å². The highest BCUT2D eigenvalue weighted by Crippen LogP contribution is 2.19. The van der Waals surface area contributed by atoms with Gasteiger partial charge in [-0.25, -0.2) is 0 Å². The molecule has 0 bridgehead atoms. The molecule has 164 valence electrons. The monoisotopic (exact) mass is 425 g/mol. The largest absolute Gasteiger partial charge is 0.496 e. The number of rotatable bonds is 10. The van der Waals surface area contributed by atoms with Crippen LogP contribution in [0.5, 0.6) is 11.5 Å². The number of hydrogen-bond acceptors (Lipinski definition) is 4. The SMILES string of the molecule is CN=C(NCCOCc1ccccc1OC)NCc1ccc(OCC(F)(F)F)cc1. The summed E-state index contributed by atoms with van der Waals surface area (Å²) in [7, 11) is 3.28. The van der Waals surface area contributed by atoms with Crippen molar-refractivity contribution in [2.24, 2.45) is 4.99 Å². The van der Waals surface area contributed by atoms with Crippen LogP contribution < -0.4 is 20.1 Å². The van der Waals surface area contributed by atoms with Crippen molar-refractivity contribution < 1.29 is 27.4 Å². The minimum atomic E-state index is -4.35. The predicted octanol–water partition coefficient (Wildman–Crippen LogP) is 3.52. The average Bonchev–Trinajstić information content (AvgIpc) is 2.74. The van der Waals surface area contributed by atoms with Gasteiger partial charge in [0.1, 0.15) is 11.5 Å². The fraction of sp³-hybridized carbons (Fsp3) is 0.381. The van der Waals surface area contributed by atoms with Crippen LogP contribution in [0.1, 0.15) is 11.1 Å². The number of nitrogens with one attached hydrogen (secondary N) is 2. The van der Waals surface area contributed by atoms with Crippen LogP contribution in [-0.2, 0) is 17.9 Å². The number of nitrogens with zero attached hydrogens (tertiary/aromatic N) is 1. The van der Waals surface area contributed by atoms with Crippen molar-refractivity contribution >= 4 is 5.96 Å². The van der Waals surface area contributed by atoms with Gasteiger partial charge >= 0.3 is 6.18 Å². The molecule has 0 aliphatic heterocycles. The van der Waals surface area contributed by atoms with Crippen molar-refractivity contribution in [3.63, 3.8) is 0 Å². The van der Waals surface area contributed by atoms with Gasteiger partial charge in [-0.1, -0.05) is 30.3 Å². The molecule has 0 aliphatic rings. The molecule has 2 N–H and O–H groups in total. The molecule has 2 rings (SSSR count). The molecule has 0 atom stereocenters. The maximum atomic E-state index is 12.2. The Morgan fingerprint density at radius 1 is 1.03 bits per heavy atom. The normalized spacial score (nSPS) is 11.8. The van der Waals surface area contributed by atoms with Gasteiger partial charge in [-0.15, -0.1) is 0 Å². The number of para-hydroxylation sites is 1. The van der Waals surface area contributed by atoms with Gasteiger partial charge in [-0.3, -0.25) is 4.99 Å². The maximum Gasteiger partial charge on any atom is 0.422 e. The van der Waals surface area contributed by atoms with Crippen LogP contribution in [0.3, 0.4) is 0 Å². The van der Waals surface area contributed by atoms with Crippen molar-refractivity contribution in [3.05, 3.63) is 59.7 Å². The summed E-state index contributed by atoms with van der Waals surface area (Å²) in [5, 5.41) is 6.27. The van der Waals surface area contributed by atoms with Crippen LogP contribution in [0, 0.1) is 0 Å². The van der Waals surface area contributed by atoms with Crippen LogP contribution >= 0.6 is 0 Å². The van der Waals surface area contributed by atoms with E-state index in [0.717, 1.165) is 16.9 Å². The Hall–Kier alpha value is -2.94. The first-order valence-electron chi connectivity index (χ1n) is 9.34. The van der Waals surface area contributed by atoms with Gasteiger partial charge in [0, 0.05) is 25.7 Å². The van der Waals surface area contributed by atoms with Crippen molar-refractivity contribution in [2.45, 2.75) is 19.3 Å². The highest BCUT2D eigenvalue weighted by Gasteiger charge is 2.28. The van der Waals surface area contributed by atoms with E-state index in [-0.39, 0.29) is 5.75 Å². The molecule has 0 amide bonds. The van der Waals surface area contributed by atoms with E-state index in [4.69, 9.17) is 14.2 Å². The number of halogens is 3. The zero-order chi connectivity index (χ0) is 21.8.